The molecule has 2 N–H and O–H groups in total. The second kappa shape index (κ2) is 10.8. The molecule has 1 fully saturated rings. The lowest BCUT2D eigenvalue weighted by molar-refractivity contribution is -0.384. The number of carbonyl (C=O) groups excluding carboxylic acids is 1. The van der Waals surface area contributed by atoms with Crippen LogP contribution >= 0.6 is 34.8 Å². The van der Waals surface area contributed by atoms with E-state index < -0.39 is 10.8 Å². The molecule has 2 heterocycles. The summed E-state index contributed by atoms with van der Waals surface area (Å²) in [4.78, 5) is 30.6. The van der Waals surface area contributed by atoms with Crippen molar-refractivity contribution < 1.29 is 14.1 Å². The number of piperidine rings is 1. The van der Waals surface area contributed by atoms with Crippen LogP contribution < -0.4 is 15.5 Å². The van der Waals surface area contributed by atoms with Crippen LogP contribution in [0.5, 0.6) is 0 Å². The zero-order chi connectivity index (χ0) is 25.9. The monoisotopic (exact) mass is 627 g/mol. The first-order valence-corrected chi connectivity index (χ1v) is 13.2. The third-order valence-corrected chi connectivity index (χ3v) is 6.95. The molecular formula is C26H22IN5O4S. The quantitative estimate of drug-likeness (QED) is 0.118. The molecule has 1 aromatic heterocycles. The first-order chi connectivity index (χ1) is 17.9. The Morgan fingerprint density at radius 2 is 1.89 bits per heavy atom. The fourth-order valence-corrected chi connectivity index (χ4v) is 5.05. The molecule has 1 aliphatic rings. The number of halogens is 1. The minimum atomic E-state index is -0.533. The average molecular weight is 627 g/mol. The standard InChI is InChI=1S/C26H22IN5O4S/c27-18-6-4-5-17(13-18)25-29-20-15-19(8-10-23(20)36-25)28-26(37)30-24(33)16-7-9-21(22(14-16)32(34)35)31-11-2-1-3-12-31/h4-10,13-15H,1-3,11-12H2,(H2,28,30,33,37). The van der Waals surface area contributed by atoms with E-state index in [1.54, 1.807) is 30.3 Å². The second-order valence-corrected chi connectivity index (χ2v) is 10.3. The van der Waals surface area contributed by atoms with Crippen LogP contribution in [0.25, 0.3) is 22.6 Å². The molecule has 9 nitrogen and oxygen atoms in total. The number of hydrogen-bond acceptors (Lipinski definition) is 7. The van der Waals surface area contributed by atoms with E-state index in [9.17, 15) is 14.9 Å². The van der Waals surface area contributed by atoms with Crippen LogP contribution in [0.15, 0.2) is 65.1 Å². The van der Waals surface area contributed by atoms with Gasteiger partial charge in [0.05, 0.1) is 4.92 Å². The number of thiocarbonyl (C=S) groups is 1. The normalized spacial score (nSPS) is 13.4. The molecular weight excluding hydrogens is 605 g/mol. The molecule has 5 rings (SSSR count). The number of rotatable bonds is 5. The van der Waals surface area contributed by atoms with Crippen LogP contribution in [0.3, 0.4) is 0 Å². The highest BCUT2D eigenvalue weighted by atomic mass is 127. The van der Waals surface area contributed by atoms with Crippen molar-refractivity contribution in [2.24, 2.45) is 0 Å². The van der Waals surface area contributed by atoms with Crippen LogP contribution in [-0.2, 0) is 0 Å². The maximum absolute atomic E-state index is 12.8. The van der Waals surface area contributed by atoms with Crippen molar-refractivity contribution >= 4 is 74.0 Å². The van der Waals surface area contributed by atoms with Gasteiger partial charge in [-0.2, -0.15) is 0 Å². The van der Waals surface area contributed by atoms with Gasteiger partial charge in [0.2, 0.25) is 5.89 Å². The topological polar surface area (TPSA) is 114 Å². The Morgan fingerprint density at radius 3 is 2.65 bits per heavy atom. The van der Waals surface area contributed by atoms with Gasteiger partial charge in [-0.1, -0.05) is 6.07 Å². The van der Waals surface area contributed by atoms with Crippen molar-refractivity contribution in [2.45, 2.75) is 19.3 Å². The second-order valence-electron chi connectivity index (χ2n) is 8.63. The Labute approximate surface area is 231 Å². The molecule has 0 radical (unpaired) electrons. The first-order valence-electron chi connectivity index (χ1n) is 11.7. The van der Waals surface area contributed by atoms with Gasteiger partial charge in [-0.3, -0.25) is 20.2 Å². The summed E-state index contributed by atoms with van der Waals surface area (Å²) < 4.78 is 6.95. The Kier molecular flexibility index (Phi) is 7.33. The Hall–Kier alpha value is -3.58. The van der Waals surface area contributed by atoms with E-state index in [-0.39, 0.29) is 16.4 Å². The molecule has 0 bridgehead atoms. The zero-order valence-electron chi connectivity index (χ0n) is 19.6. The van der Waals surface area contributed by atoms with Gasteiger partial charge in [0, 0.05) is 39.5 Å². The van der Waals surface area contributed by atoms with Gasteiger partial charge in [0.25, 0.3) is 11.6 Å². The van der Waals surface area contributed by atoms with E-state index in [0.29, 0.717) is 28.4 Å². The lowest BCUT2D eigenvalue weighted by Crippen LogP contribution is -2.34. The third-order valence-electron chi connectivity index (χ3n) is 6.08. The molecule has 0 saturated carbocycles. The van der Waals surface area contributed by atoms with Gasteiger partial charge >= 0.3 is 0 Å². The highest BCUT2D eigenvalue weighted by molar-refractivity contribution is 14.1. The summed E-state index contributed by atoms with van der Waals surface area (Å²) in [6.07, 6.45) is 3.10. The summed E-state index contributed by atoms with van der Waals surface area (Å²) in [5.74, 6) is -0.0228. The molecule has 0 unspecified atom stereocenters. The van der Waals surface area contributed by atoms with E-state index in [1.807, 2.05) is 29.2 Å². The van der Waals surface area contributed by atoms with Crippen molar-refractivity contribution in [3.05, 3.63) is 79.9 Å². The van der Waals surface area contributed by atoms with Crippen molar-refractivity contribution in [1.82, 2.24) is 10.3 Å². The number of anilines is 2. The van der Waals surface area contributed by atoms with Crippen LogP contribution in [0.4, 0.5) is 17.1 Å². The number of nitro groups is 1. The summed E-state index contributed by atoms with van der Waals surface area (Å²) in [5.41, 5.74) is 3.35. The van der Waals surface area contributed by atoms with Gasteiger partial charge in [-0.25, -0.2) is 4.98 Å². The van der Waals surface area contributed by atoms with Gasteiger partial charge in [0.1, 0.15) is 11.2 Å². The summed E-state index contributed by atoms with van der Waals surface area (Å²) in [7, 11) is 0. The van der Waals surface area contributed by atoms with E-state index in [2.05, 4.69) is 38.2 Å². The maximum atomic E-state index is 12.8. The minimum Gasteiger partial charge on any atom is -0.436 e. The van der Waals surface area contributed by atoms with E-state index in [4.69, 9.17) is 16.6 Å². The summed E-state index contributed by atoms with van der Waals surface area (Å²) in [6, 6.07) is 17.7. The molecule has 1 saturated heterocycles. The van der Waals surface area contributed by atoms with E-state index >= 15 is 0 Å². The number of nitro benzene ring substituents is 1. The fourth-order valence-electron chi connectivity index (χ4n) is 4.30. The number of carbonyl (C=O) groups is 1. The molecule has 0 spiro atoms. The summed E-state index contributed by atoms with van der Waals surface area (Å²) in [5, 5.41) is 17.3. The number of nitrogens with zero attached hydrogens (tertiary/aromatic N) is 3. The summed E-state index contributed by atoms with van der Waals surface area (Å²) in [6.45, 7) is 1.53. The number of amides is 1. The van der Waals surface area contributed by atoms with E-state index in [0.717, 1.165) is 41.5 Å². The molecule has 0 atom stereocenters. The van der Waals surface area contributed by atoms with Crippen molar-refractivity contribution in [3.63, 3.8) is 0 Å². The molecule has 3 aromatic carbocycles. The smallest absolute Gasteiger partial charge is 0.293 e. The number of oxazole rings is 1. The van der Waals surface area contributed by atoms with Crippen LogP contribution in [0.2, 0.25) is 0 Å². The summed E-state index contributed by atoms with van der Waals surface area (Å²) >= 11 is 7.55. The van der Waals surface area contributed by atoms with Crippen LogP contribution in [0.1, 0.15) is 29.6 Å². The molecule has 11 heteroatoms. The fraction of sp³-hybridized carbons (Fsp3) is 0.192. The number of aromatic nitrogens is 1. The largest absolute Gasteiger partial charge is 0.436 e. The molecule has 188 valence electrons. The van der Waals surface area contributed by atoms with Crippen molar-refractivity contribution in [1.29, 1.82) is 0 Å². The molecule has 1 amide bonds. The zero-order valence-corrected chi connectivity index (χ0v) is 22.5. The molecule has 0 aliphatic carbocycles. The van der Waals surface area contributed by atoms with Gasteiger partial charge < -0.3 is 14.6 Å². The molecule has 1 aliphatic heterocycles. The van der Waals surface area contributed by atoms with Crippen LogP contribution in [-0.4, -0.2) is 34.0 Å². The highest BCUT2D eigenvalue weighted by Crippen LogP contribution is 2.31. The van der Waals surface area contributed by atoms with Gasteiger partial charge in [0.15, 0.2) is 10.7 Å². The number of nitrogens with one attached hydrogen (secondary N) is 2. The SMILES string of the molecule is O=C(NC(=S)Nc1ccc2oc(-c3cccc(I)c3)nc2c1)c1ccc(N2CCCCC2)c([N+](=O)[O-])c1. The Morgan fingerprint density at radius 1 is 1.08 bits per heavy atom. The van der Waals surface area contributed by atoms with Crippen LogP contribution in [0, 0.1) is 13.7 Å². The Balaban J connectivity index is 1.28. The van der Waals surface area contributed by atoms with Crippen molar-refractivity contribution in [3.8, 4) is 11.5 Å². The lowest BCUT2D eigenvalue weighted by atomic mass is 10.1. The molecule has 37 heavy (non-hydrogen) atoms. The number of hydrogen-bond donors (Lipinski definition) is 2. The predicted octanol–water partition coefficient (Wildman–Crippen LogP) is 6.12. The number of fused-ring (bicyclic) bond motifs is 1. The van der Waals surface area contributed by atoms with Gasteiger partial charge in [-0.15, -0.1) is 0 Å². The Bertz CT molecular complexity index is 1520. The number of benzene rings is 3. The minimum absolute atomic E-state index is 0.0634. The third kappa shape index (κ3) is 5.72. The lowest BCUT2D eigenvalue weighted by Gasteiger charge is -2.28. The predicted molar refractivity (Wildman–Crippen MR) is 155 cm³/mol. The first kappa shape index (κ1) is 25.1. The van der Waals surface area contributed by atoms with Gasteiger partial charge in [-0.05, 0) is 103 Å². The van der Waals surface area contributed by atoms with E-state index in [1.165, 1.54) is 6.07 Å². The maximum Gasteiger partial charge on any atom is 0.293 e. The highest BCUT2D eigenvalue weighted by Gasteiger charge is 2.23. The molecule has 4 aromatic rings. The van der Waals surface area contributed by atoms with Crippen molar-refractivity contribution in [2.75, 3.05) is 23.3 Å². The average Bonchev–Trinajstić information content (AvgIpc) is 3.32.